The van der Waals surface area contributed by atoms with Gasteiger partial charge in [0.15, 0.2) is 4.90 Å². The highest BCUT2D eigenvalue weighted by Crippen LogP contribution is 2.67. The molecule has 0 heterocycles. The van der Waals surface area contributed by atoms with Crippen LogP contribution < -0.4 is 10.6 Å². The maximum atomic E-state index is 14.5. The molecule has 0 bridgehead atoms. The van der Waals surface area contributed by atoms with E-state index >= 15 is 0 Å². The summed E-state index contributed by atoms with van der Waals surface area (Å²) in [6, 6.07) is 5.16. The van der Waals surface area contributed by atoms with Crippen molar-refractivity contribution >= 4 is 33.6 Å². The number of nitro groups is 1. The van der Waals surface area contributed by atoms with Crippen molar-refractivity contribution < 1.29 is 32.8 Å². The third-order valence-electron chi connectivity index (χ3n) is 15.5. The number of fused-ring (bicyclic) bond motifs is 5. The Hall–Kier alpha value is -3.52. The van der Waals surface area contributed by atoms with Gasteiger partial charge < -0.3 is 20.6 Å². The van der Waals surface area contributed by atoms with Crippen LogP contribution in [0.25, 0.3) is 0 Å². The molecule has 0 aromatic heterocycles. The van der Waals surface area contributed by atoms with Gasteiger partial charge in [-0.15, -0.1) is 0 Å². The Kier molecular flexibility index (Phi) is 15.8. The number of hydrogen-bond donors (Lipinski definition) is 3. The summed E-state index contributed by atoms with van der Waals surface area (Å²) in [5.74, 6) is 3.48. The van der Waals surface area contributed by atoms with E-state index in [1.54, 1.807) is 20.8 Å². The normalized spacial score (nSPS) is 28.0. The van der Waals surface area contributed by atoms with Crippen molar-refractivity contribution in [2.24, 2.45) is 46.3 Å². The van der Waals surface area contributed by atoms with Gasteiger partial charge in [0.2, 0.25) is 21.8 Å². The quantitative estimate of drug-likeness (QED) is 0.0533. The van der Waals surface area contributed by atoms with Crippen molar-refractivity contribution in [3.63, 3.8) is 0 Å². The van der Waals surface area contributed by atoms with Crippen LogP contribution >= 0.6 is 0 Å². The van der Waals surface area contributed by atoms with Gasteiger partial charge in [0, 0.05) is 56.7 Å². The highest BCUT2D eigenvalue weighted by atomic mass is 32.2. The smallest absolute Gasteiger partial charge is 0.407 e. The lowest BCUT2D eigenvalue weighted by Crippen LogP contribution is -2.53. The Labute approximate surface area is 365 Å². The van der Waals surface area contributed by atoms with Crippen molar-refractivity contribution in [1.82, 2.24) is 19.8 Å². The molecule has 4 aliphatic rings. The topological polar surface area (TPSA) is 179 Å². The number of carbonyl (C=O) groups is 3. The molecule has 0 radical (unpaired) electrons. The molecule has 3 fully saturated rings. The fourth-order valence-electron chi connectivity index (χ4n) is 12.2. The second-order valence-corrected chi connectivity index (χ2v) is 22.5. The van der Waals surface area contributed by atoms with Crippen LogP contribution in [0.5, 0.6) is 0 Å². The SMILES string of the molecule is CC(C)CCC[C@@H](C)[C@H]1CCC2C3CC=C4C[C@@H](N(CCCNC(=O)CCNC(=O)CCN(C(=O)O)C(C)(C)C)S(=O)(=O)c5ccccc5[N+](=O)[O-])CC[C@]4(C)C3CC[C@@]21C. The predicted molar refractivity (Wildman–Crippen MR) is 238 cm³/mol. The van der Waals surface area contributed by atoms with E-state index in [-0.39, 0.29) is 67.2 Å². The summed E-state index contributed by atoms with van der Waals surface area (Å²) in [6.07, 6.45) is 13.7. The summed E-state index contributed by atoms with van der Waals surface area (Å²) >= 11 is 0. The number of carbonyl (C=O) groups excluding carboxylic acids is 2. The lowest BCUT2D eigenvalue weighted by molar-refractivity contribution is -0.387. The van der Waals surface area contributed by atoms with Gasteiger partial charge in [-0.2, -0.15) is 4.31 Å². The molecule has 61 heavy (non-hydrogen) atoms. The summed E-state index contributed by atoms with van der Waals surface area (Å²) in [7, 11) is -4.29. The van der Waals surface area contributed by atoms with Crippen LogP contribution in [0, 0.1) is 56.5 Å². The second-order valence-electron chi connectivity index (χ2n) is 20.7. The molecule has 3 saturated carbocycles. The van der Waals surface area contributed by atoms with E-state index in [1.165, 1.54) is 84.0 Å². The fraction of sp³-hybridized carbons (Fsp3) is 0.766. The average Bonchev–Trinajstić information content (AvgIpc) is 3.54. The van der Waals surface area contributed by atoms with E-state index < -0.39 is 32.3 Å². The number of benzene rings is 1. The number of para-hydroxylation sites is 1. The zero-order chi connectivity index (χ0) is 44.9. The fourth-order valence-corrected chi connectivity index (χ4v) is 14.1. The maximum absolute atomic E-state index is 14.5. The van der Waals surface area contributed by atoms with Crippen LogP contribution in [0.4, 0.5) is 10.5 Å². The summed E-state index contributed by atoms with van der Waals surface area (Å²) < 4.78 is 30.5. The number of rotatable bonds is 19. The van der Waals surface area contributed by atoms with E-state index in [0.29, 0.717) is 42.4 Å². The molecule has 1 aromatic rings. The first-order valence-electron chi connectivity index (χ1n) is 23.1. The van der Waals surface area contributed by atoms with Crippen LogP contribution in [0.15, 0.2) is 40.8 Å². The molecule has 14 heteroatoms. The number of sulfonamides is 1. The van der Waals surface area contributed by atoms with Crippen molar-refractivity contribution in [2.45, 2.75) is 162 Å². The molecule has 0 aliphatic heterocycles. The maximum Gasteiger partial charge on any atom is 0.407 e. The molecule has 0 spiro atoms. The van der Waals surface area contributed by atoms with Crippen molar-refractivity contribution in [1.29, 1.82) is 0 Å². The zero-order valence-electron chi connectivity index (χ0n) is 38.2. The van der Waals surface area contributed by atoms with Gasteiger partial charge in [-0.1, -0.05) is 77.7 Å². The third-order valence-corrected chi connectivity index (χ3v) is 17.5. The minimum Gasteiger partial charge on any atom is -0.465 e. The van der Waals surface area contributed by atoms with Crippen LogP contribution in [0.2, 0.25) is 0 Å². The summed E-state index contributed by atoms with van der Waals surface area (Å²) in [5.41, 5.74) is 0.577. The summed E-state index contributed by atoms with van der Waals surface area (Å²) in [4.78, 5) is 49.0. The van der Waals surface area contributed by atoms with Crippen molar-refractivity contribution in [2.75, 3.05) is 26.2 Å². The van der Waals surface area contributed by atoms with Gasteiger partial charge in [-0.25, -0.2) is 13.2 Å². The number of nitrogens with zero attached hydrogens (tertiary/aromatic N) is 3. The van der Waals surface area contributed by atoms with E-state index in [2.05, 4.69) is 51.3 Å². The zero-order valence-corrected chi connectivity index (χ0v) is 39.0. The molecule has 3 unspecified atom stereocenters. The minimum atomic E-state index is -4.29. The van der Waals surface area contributed by atoms with E-state index in [0.717, 1.165) is 30.6 Å². The summed E-state index contributed by atoms with van der Waals surface area (Å²) in [6.45, 7) is 17.8. The molecule has 4 aliphatic carbocycles. The minimum absolute atomic E-state index is 0.00138. The number of carboxylic acid groups (broad SMARTS) is 1. The van der Waals surface area contributed by atoms with Gasteiger partial charge in [-0.05, 0) is 131 Å². The lowest BCUT2D eigenvalue weighted by atomic mass is 9.47. The molecule has 5 rings (SSSR count). The standard InChI is InChI=1S/C47H75N5O8S/c1-32(2)13-11-14-33(3)37-19-20-38-36-18-17-34-31-35(21-25-46(34,7)39(36)22-26-47(37,38)8)51(61(59,60)41-16-10-9-15-40(41)52(57)58)29-12-27-48-42(53)23-28-49-43(54)24-30-50(44(55)56)45(4,5)6/h9-10,15-17,32-33,35-39H,11-14,18-31H2,1-8H3,(H,48,53)(H,49,54)(H,55,56)/t33-,35+,36?,37-,38?,39?,46+,47-/m1/s1. The molecule has 13 nitrogen and oxygen atoms in total. The first-order valence-corrected chi connectivity index (χ1v) is 24.5. The Balaban J connectivity index is 1.23. The third kappa shape index (κ3) is 11.0. The number of allylic oxidation sites excluding steroid dienone is 1. The molecular weight excluding hydrogens is 795 g/mol. The molecule has 0 saturated heterocycles. The first kappa shape index (κ1) is 48.5. The number of amides is 3. The predicted octanol–water partition coefficient (Wildman–Crippen LogP) is 9.18. The molecule has 342 valence electrons. The van der Waals surface area contributed by atoms with Crippen molar-refractivity contribution in [3.05, 3.63) is 46.0 Å². The molecule has 3 N–H and O–H groups in total. The van der Waals surface area contributed by atoms with Crippen LogP contribution in [0.1, 0.15) is 145 Å². The Morgan fingerprint density at radius 3 is 2.28 bits per heavy atom. The Bertz CT molecular complexity index is 1880. The van der Waals surface area contributed by atoms with Gasteiger partial charge in [0.25, 0.3) is 5.69 Å². The number of hydrogen-bond acceptors (Lipinski definition) is 7. The van der Waals surface area contributed by atoms with Crippen molar-refractivity contribution in [3.8, 4) is 0 Å². The molecular formula is C47H75N5O8S. The summed E-state index contributed by atoms with van der Waals surface area (Å²) in [5, 5.41) is 27.0. The highest BCUT2D eigenvalue weighted by Gasteiger charge is 2.59. The molecule has 1 aromatic carbocycles. The van der Waals surface area contributed by atoms with Gasteiger partial charge >= 0.3 is 6.09 Å². The Morgan fingerprint density at radius 1 is 0.918 bits per heavy atom. The van der Waals surface area contributed by atoms with E-state index in [4.69, 9.17) is 0 Å². The van der Waals surface area contributed by atoms with Gasteiger partial charge in [-0.3, -0.25) is 19.7 Å². The van der Waals surface area contributed by atoms with E-state index in [1.807, 2.05) is 0 Å². The van der Waals surface area contributed by atoms with Crippen LogP contribution in [-0.4, -0.2) is 83.3 Å². The van der Waals surface area contributed by atoms with Gasteiger partial charge in [0.05, 0.1) is 4.92 Å². The second kappa shape index (κ2) is 19.9. The van der Waals surface area contributed by atoms with E-state index in [9.17, 15) is 38.0 Å². The Morgan fingerprint density at radius 2 is 1.61 bits per heavy atom. The first-order chi connectivity index (χ1) is 28.6. The van der Waals surface area contributed by atoms with Crippen LogP contribution in [-0.2, 0) is 19.6 Å². The van der Waals surface area contributed by atoms with Gasteiger partial charge in [0.1, 0.15) is 0 Å². The largest absolute Gasteiger partial charge is 0.465 e. The monoisotopic (exact) mass is 870 g/mol. The van der Waals surface area contributed by atoms with Crippen LogP contribution in [0.3, 0.4) is 0 Å². The highest BCUT2D eigenvalue weighted by molar-refractivity contribution is 7.89. The lowest BCUT2D eigenvalue weighted by Gasteiger charge is -2.59. The molecule has 3 amide bonds. The number of nitrogens with one attached hydrogen (secondary N) is 2. The average molecular weight is 870 g/mol. The number of nitro benzene ring substituents is 1. The molecule has 8 atom stereocenters.